The van der Waals surface area contributed by atoms with Gasteiger partial charge in [0.2, 0.25) is 0 Å². The minimum atomic E-state index is 0. The van der Waals surface area contributed by atoms with Crippen LogP contribution in [0.3, 0.4) is 0 Å². The number of hydrogen-bond acceptors (Lipinski definition) is 0. The molecule has 0 N–H and O–H groups in total. The maximum Gasteiger partial charge on any atom is 0 e. The van der Waals surface area contributed by atoms with E-state index in [1.807, 2.05) is 0 Å². The van der Waals surface area contributed by atoms with E-state index in [-0.39, 0.29) is 17.1 Å². The minimum Gasteiger partial charge on any atom is 0 e. The van der Waals surface area contributed by atoms with E-state index in [1.54, 1.807) is 0 Å². The Morgan fingerprint density at radius 1 is 0.900 bits per heavy atom. The van der Waals surface area contributed by atoms with Crippen LogP contribution in [0.25, 0.3) is 0 Å². The molecule has 0 aliphatic rings. The second-order valence-electron chi connectivity index (χ2n) is 2.32. The monoisotopic (exact) mass is 257 g/mol. The summed E-state index contributed by atoms with van der Waals surface area (Å²) < 4.78 is 0. The van der Waals surface area contributed by atoms with E-state index in [1.165, 1.54) is 36.3 Å². The SMILES string of the molecule is CCCC[Se]CCCC.[Cu]. The van der Waals surface area contributed by atoms with Gasteiger partial charge < -0.3 is 0 Å². The molecule has 2 heteroatoms. The summed E-state index contributed by atoms with van der Waals surface area (Å²) in [6.45, 7) is 4.55. The number of hydrogen-bond donors (Lipinski definition) is 0. The molecule has 0 aromatic rings. The third-order valence-electron chi connectivity index (χ3n) is 1.28. The number of rotatable bonds is 6. The van der Waals surface area contributed by atoms with Crippen molar-refractivity contribution in [1.29, 1.82) is 0 Å². The summed E-state index contributed by atoms with van der Waals surface area (Å²) in [7, 11) is 0. The molecule has 0 fully saturated rings. The van der Waals surface area contributed by atoms with Crippen LogP contribution in [0.5, 0.6) is 0 Å². The van der Waals surface area contributed by atoms with Crippen molar-refractivity contribution in [1.82, 2.24) is 0 Å². The van der Waals surface area contributed by atoms with Gasteiger partial charge in [-0.05, 0) is 0 Å². The van der Waals surface area contributed by atoms with Gasteiger partial charge in [0.1, 0.15) is 0 Å². The first-order chi connectivity index (χ1) is 4.41. The van der Waals surface area contributed by atoms with Crippen molar-refractivity contribution < 1.29 is 17.1 Å². The summed E-state index contributed by atoms with van der Waals surface area (Å²) in [5, 5.41) is 3.03. The number of unbranched alkanes of at least 4 members (excludes halogenated alkanes) is 2. The fourth-order valence-corrected chi connectivity index (χ4v) is 3.09. The summed E-state index contributed by atoms with van der Waals surface area (Å²) in [4.78, 5) is 0. The molecule has 0 aromatic carbocycles. The molecule has 0 unspecified atom stereocenters. The van der Waals surface area contributed by atoms with Crippen molar-refractivity contribution in [3.8, 4) is 0 Å². The van der Waals surface area contributed by atoms with Crippen LogP contribution < -0.4 is 0 Å². The molecule has 0 bridgehead atoms. The van der Waals surface area contributed by atoms with Gasteiger partial charge in [0.05, 0.1) is 0 Å². The van der Waals surface area contributed by atoms with Gasteiger partial charge >= 0.3 is 65.1 Å². The molecular weight excluding hydrogens is 239 g/mol. The minimum absolute atomic E-state index is 0. The van der Waals surface area contributed by atoms with E-state index >= 15 is 0 Å². The molecule has 0 saturated carbocycles. The van der Waals surface area contributed by atoms with Crippen LogP contribution in [0.1, 0.15) is 39.5 Å². The Labute approximate surface area is 82.2 Å². The van der Waals surface area contributed by atoms with Crippen LogP contribution in [-0.4, -0.2) is 15.0 Å². The molecule has 0 atom stereocenters. The Balaban J connectivity index is 0. The van der Waals surface area contributed by atoms with E-state index in [2.05, 4.69) is 13.8 Å². The van der Waals surface area contributed by atoms with Crippen molar-refractivity contribution in [3.05, 3.63) is 0 Å². The summed E-state index contributed by atoms with van der Waals surface area (Å²) in [5.74, 6) is 0. The summed E-state index contributed by atoms with van der Waals surface area (Å²) in [6, 6.07) is 0. The molecular formula is C8H18CuSe. The quantitative estimate of drug-likeness (QED) is 0.506. The topological polar surface area (TPSA) is 0 Å². The van der Waals surface area contributed by atoms with Crippen molar-refractivity contribution in [2.24, 2.45) is 0 Å². The summed E-state index contributed by atoms with van der Waals surface area (Å²) in [5.41, 5.74) is 0. The molecule has 0 nitrogen and oxygen atoms in total. The van der Waals surface area contributed by atoms with Crippen molar-refractivity contribution >= 4 is 15.0 Å². The average Bonchev–Trinajstić information content (AvgIpc) is 1.89. The molecule has 0 saturated heterocycles. The van der Waals surface area contributed by atoms with Crippen LogP contribution in [0, 0.1) is 0 Å². The van der Waals surface area contributed by atoms with Crippen LogP contribution in [0.2, 0.25) is 10.6 Å². The van der Waals surface area contributed by atoms with Crippen LogP contribution in [-0.2, 0) is 17.1 Å². The molecule has 67 valence electrons. The maximum absolute atomic E-state index is 2.27. The standard InChI is InChI=1S/C8H18Se.Cu/c1-3-5-7-9-8-6-4-2;/h3-8H2,1-2H3;. The van der Waals surface area contributed by atoms with Gasteiger partial charge in [-0.1, -0.05) is 0 Å². The maximum atomic E-state index is 2.27. The molecule has 0 rings (SSSR count). The smallest absolute Gasteiger partial charge is 0 e. The zero-order valence-electron chi connectivity index (χ0n) is 6.95. The van der Waals surface area contributed by atoms with E-state index in [0.717, 1.165) is 15.0 Å². The first-order valence-corrected chi connectivity index (χ1v) is 6.41. The van der Waals surface area contributed by atoms with Gasteiger partial charge in [0, 0.05) is 17.1 Å². The molecule has 10 heavy (non-hydrogen) atoms. The fourth-order valence-electron chi connectivity index (χ4n) is 0.595. The van der Waals surface area contributed by atoms with E-state index in [4.69, 9.17) is 0 Å². The van der Waals surface area contributed by atoms with Gasteiger partial charge in [-0.3, -0.25) is 0 Å². The largest absolute Gasteiger partial charge is 0 e. The second-order valence-corrected chi connectivity index (χ2v) is 4.89. The van der Waals surface area contributed by atoms with Gasteiger partial charge in [0.25, 0.3) is 0 Å². The van der Waals surface area contributed by atoms with Gasteiger partial charge in [0.15, 0.2) is 0 Å². The van der Waals surface area contributed by atoms with Crippen molar-refractivity contribution in [2.75, 3.05) is 0 Å². The molecule has 0 amide bonds. The molecule has 0 spiro atoms. The van der Waals surface area contributed by atoms with Gasteiger partial charge in [-0.15, -0.1) is 0 Å². The predicted octanol–water partition coefficient (Wildman–Crippen LogP) is 3.12. The molecule has 1 radical (unpaired) electrons. The van der Waals surface area contributed by atoms with Crippen molar-refractivity contribution in [2.45, 2.75) is 50.2 Å². The van der Waals surface area contributed by atoms with Crippen LogP contribution in [0.4, 0.5) is 0 Å². The third kappa shape index (κ3) is 11.8. The second kappa shape index (κ2) is 12.7. The van der Waals surface area contributed by atoms with E-state index in [0.29, 0.717) is 0 Å². The van der Waals surface area contributed by atoms with E-state index < -0.39 is 0 Å². The Morgan fingerprint density at radius 3 is 1.60 bits per heavy atom. The zero-order chi connectivity index (χ0) is 6.95. The third-order valence-corrected chi connectivity index (χ3v) is 3.71. The molecule has 0 aliphatic heterocycles. The first kappa shape index (κ1) is 13.6. The Bertz CT molecular complexity index is 42.5. The Kier molecular flexibility index (Phi) is 17.3. The van der Waals surface area contributed by atoms with Crippen LogP contribution in [0.15, 0.2) is 0 Å². The first-order valence-electron chi connectivity index (χ1n) is 3.99. The van der Waals surface area contributed by atoms with Gasteiger partial charge in [-0.25, -0.2) is 0 Å². The predicted molar refractivity (Wildman–Crippen MR) is 45.2 cm³/mol. The van der Waals surface area contributed by atoms with Crippen LogP contribution >= 0.6 is 0 Å². The van der Waals surface area contributed by atoms with E-state index in [9.17, 15) is 0 Å². The molecule has 0 aromatic heterocycles. The summed E-state index contributed by atoms with van der Waals surface area (Å²) in [6.07, 6.45) is 5.69. The normalized spacial score (nSPS) is 9.00. The summed E-state index contributed by atoms with van der Waals surface area (Å²) >= 11 is 0.978. The average molecular weight is 257 g/mol. The zero-order valence-corrected chi connectivity index (χ0v) is 9.61. The molecule has 0 aliphatic carbocycles. The Morgan fingerprint density at radius 2 is 1.30 bits per heavy atom. The fraction of sp³-hybridized carbons (Fsp3) is 1.00. The van der Waals surface area contributed by atoms with Crippen molar-refractivity contribution in [3.63, 3.8) is 0 Å². The Hall–Kier alpha value is 1.04. The van der Waals surface area contributed by atoms with Gasteiger partial charge in [-0.2, -0.15) is 0 Å². The molecule has 0 heterocycles.